The smallest absolute Gasteiger partial charge is 0.273 e. The lowest BCUT2D eigenvalue weighted by Crippen LogP contribution is -2.24. The van der Waals surface area contributed by atoms with Gasteiger partial charge in [-0.25, -0.2) is 4.98 Å². The Morgan fingerprint density at radius 3 is 2.53 bits per heavy atom. The number of hydrogen-bond donors (Lipinski definition) is 2. The normalized spacial score (nSPS) is 12.9. The first-order chi connectivity index (χ1) is 6.86. The summed E-state index contributed by atoms with van der Waals surface area (Å²) in [7, 11) is 0. The SMILES string of the molecule is CC(C)(C)c1csc(/C(=N\O)C(N)=O)n1. The van der Waals surface area contributed by atoms with E-state index in [1.807, 2.05) is 26.2 Å². The zero-order valence-corrected chi connectivity index (χ0v) is 9.63. The quantitative estimate of drug-likeness (QED) is 0.450. The van der Waals surface area contributed by atoms with Gasteiger partial charge in [0.2, 0.25) is 5.71 Å². The van der Waals surface area contributed by atoms with Gasteiger partial charge in [0, 0.05) is 10.8 Å². The molecule has 15 heavy (non-hydrogen) atoms. The fraction of sp³-hybridized carbons (Fsp3) is 0.444. The predicted molar refractivity (Wildman–Crippen MR) is 58.3 cm³/mol. The standard InChI is InChI=1S/C9H13N3O2S/c1-9(2,3)5-4-15-8(11-5)6(12-14)7(10)13/h4,14H,1-3H3,(H2,10,13)/b12-6-. The van der Waals surface area contributed by atoms with E-state index in [2.05, 4.69) is 10.1 Å². The molecule has 0 aliphatic rings. The average molecular weight is 227 g/mol. The van der Waals surface area contributed by atoms with E-state index in [1.165, 1.54) is 11.3 Å². The van der Waals surface area contributed by atoms with E-state index in [1.54, 1.807) is 0 Å². The number of nitrogens with two attached hydrogens (primary N) is 1. The Bertz CT molecular complexity index is 404. The topological polar surface area (TPSA) is 88.6 Å². The molecule has 0 unspecified atom stereocenters. The van der Waals surface area contributed by atoms with Crippen LogP contribution in [0.1, 0.15) is 31.5 Å². The molecule has 82 valence electrons. The van der Waals surface area contributed by atoms with Gasteiger partial charge in [0.05, 0.1) is 5.69 Å². The summed E-state index contributed by atoms with van der Waals surface area (Å²) in [4.78, 5) is 15.1. The fourth-order valence-corrected chi connectivity index (χ4v) is 1.96. The maximum atomic E-state index is 10.9. The van der Waals surface area contributed by atoms with Crippen molar-refractivity contribution in [2.24, 2.45) is 10.9 Å². The van der Waals surface area contributed by atoms with E-state index < -0.39 is 5.91 Å². The van der Waals surface area contributed by atoms with Crippen LogP contribution in [0.25, 0.3) is 0 Å². The van der Waals surface area contributed by atoms with Crippen LogP contribution >= 0.6 is 11.3 Å². The van der Waals surface area contributed by atoms with Gasteiger partial charge < -0.3 is 10.9 Å². The first-order valence-corrected chi connectivity index (χ1v) is 5.22. The number of amides is 1. The van der Waals surface area contributed by atoms with Crippen molar-refractivity contribution in [3.8, 4) is 0 Å². The third kappa shape index (κ3) is 2.53. The number of nitrogens with zero attached hydrogens (tertiary/aromatic N) is 2. The Hall–Kier alpha value is -1.43. The molecule has 1 rings (SSSR count). The molecule has 0 atom stereocenters. The molecule has 0 aromatic carbocycles. The van der Waals surface area contributed by atoms with E-state index in [0.29, 0.717) is 5.01 Å². The van der Waals surface area contributed by atoms with Crippen LogP contribution in [-0.4, -0.2) is 21.8 Å². The summed E-state index contributed by atoms with van der Waals surface area (Å²) < 4.78 is 0. The largest absolute Gasteiger partial charge is 0.410 e. The Kier molecular flexibility index (Phi) is 3.09. The highest BCUT2D eigenvalue weighted by atomic mass is 32.1. The number of aromatic nitrogens is 1. The molecule has 3 N–H and O–H groups in total. The van der Waals surface area contributed by atoms with Crippen LogP contribution in [0, 0.1) is 0 Å². The molecule has 1 aromatic rings. The maximum absolute atomic E-state index is 10.9. The molecule has 5 nitrogen and oxygen atoms in total. The van der Waals surface area contributed by atoms with Crippen molar-refractivity contribution in [2.75, 3.05) is 0 Å². The minimum atomic E-state index is -0.785. The first-order valence-electron chi connectivity index (χ1n) is 4.34. The summed E-state index contributed by atoms with van der Waals surface area (Å²) in [5.74, 6) is -0.785. The number of thiazole rings is 1. The molecule has 1 aromatic heterocycles. The third-order valence-electron chi connectivity index (χ3n) is 1.81. The van der Waals surface area contributed by atoms with Crippen molar-refractivity contribution in [1.29, 1.82) is 0 Å². The Balaban J connectivity index is 3.09. The second-order valence-corrected chi connectivity index (χ2v) is 4.96. The van der Waals surface area contributed by atoms with Crippen LogP contribution in [-0.2, 0) is 10.2 Å². The first kappa shape index (κ1) is 11.6. The highest BCUT2D eigenvalue weighted by Gasteiger charge is 2.21. The van der Waals surface area contributed by atoms with Crippen molar-refractivity contribution < 1.29 is 10.0 Å². The average Bonchev–Trinajstić information content (AvgIpc) is 2.52. The number of hydrogen-bond acceptors (Lipinski definition) is 5. The number of oxime groups is 1. The second-order valence-electron chi connectivity index (χ2n) is 4.10. The number of rotatable bonds is 2. The van der Waals surface area contributed by atoms with Gasteiger partial charge in [-0.3, -0.25) is 4.79 Å². The molecule has 0 aliphatic carbocycles. The minimum Gasteiger partial charge on any atom is -0.410 e. The van der Waals surface area contributed by atoms with Gasteiger partial charge in [0.25, 0.3) is 5.91 Å². The van der Waals surface area contributed by atoms with Crippen molar-refractivity contribution in [2.45, 2.75) is 26.2 Å². The third-order valence-corrected chi connectivity index (χ3v) is 2.66. The van der Waals surface area contributed by atoms with E-state index in [4.69, 9.17) is 10.9 Å². The minimum absolute atomic E-state index is 0.104. The highest BCUT2D eigenvalue weighted by Crippen LogP contribution is 2.24. The van der Waals surface area contributed by atoms with Crippen LogP contribution in [0.2, 0.25) is 0 Å². The maximum Gasteiger partial charge on any atom is 0.273 e. The molecule has 1 amide bonds. The van der Waals surface area contributed by atoms with Crippen molar-refractivity contribution in [1.82, 2.24) is 4.98 Å². The molecule has 0 radical (unpaired) electrons. The van der Waals surface area contributed by atoms with Gasteiger partial charge >= 0.3 is 0 Å². The summed E-state index contributed by atoms with van der Waals surface area (Å²) >= 11 is 1.23. The van der Waals surface area contributed by atoms with E-state index >= 15 is 0 Å². The molecule has 6 heteroatoms. The van der Waals surface area contributed by atoms with E-state index in [-0.39, 0.29) is 11.1 Å². The predicted octanol–water partition coefficient (Wildman–Crippen LogP) is 1.10. The molecule has 0 saturated heterocycles. The van der Waals surface area contributed by atoms with Gasteiger partial charge in [0.15, 0.2) is 5.01 Å². The zero-order valence-electron chi connectivity index (χ0n) is 8.81. The molecule has 0 saturated carbocycles. The molecule has 1 heterocycles. The van der Waals surface area contributed by atoms with E-state index in [9.17, 15) is 4.79 Å². The van der Waals surface area contributed by atoms with Gasteiger partial charge in [-0.1, -0.05) is 25.9 Å². The van der Waals surface area contributed by atoms with Gasteiger partial charge in [0.1, 0.15) is 0 Å². The van der Waals surface area contributed by atoms with Crippen molar-refractivity contribution >= 4 is 23.0 Å². The summed E-state index contributed by atoms with van der Waals surface area (Å²) in [6.45, 7) is 6.02. The number of primary amides is 1. The number of carbonyl (C=O) groups excluding carboxylic acids is 1. The van der Waals surface area contributed by atoms with E-state index in [0.717, 1.165) is 5.69 Å². The summed E-state index contributed by atoms with van der Waals surface area (Å²) in [6.07, 6.45) is 0. The molecular weight excluding hydrogens is 214 g/mol. The fourth-order valence-electron chi connectivity index (χ4n) is 0.924. The summed E-state index contributed by atoms with van der Waals surface area (Å²) in [5.41, 5.74) is 5.57. The van der Waals surface area contributed by atoms with Crippen LogP contribution in [0.15, 0.2) is 10.5 Å². The van der Waals surface area contributed by atoms with Crippen molar-refractivity contribution in [3.05, 3.63) is 16.1 Å². The lowest BCUT2D eigenvalue weighted by Gasteiger charge is -2.14. The van der Waals surface area contributed by atoms with Gasteiger partial charge in [-0.2, -0.15) is 0 Å². The van der Waals surface area contributed by atoms with Gasteiger partial charge in [-0.15, -0.1) is 11.3 Å². The van der Waals surface area contributed by atoms with Crippen molar-refractivity contribution in [3.63, 3.8) is 0 Å². The molecule has 0 aliphatic heterocycles. The Morgan fingerprint density at radius 2 is 2.20 bits per heavy atom. The van der Waals surface area contributed by atoms with Crippen LogP contribution < -0.4 is 5.73 Å². The monoisotopic (exact) mass is 227 g/mol. The Morgan fingerprint density at radius 1 is 1.60 bits per heavy atom. The second kappa shape index (κ2) is 3.98. The van der Waals surface area contributed by atoms with Crippen LogP contribution in [0.3, 0.4) is 0 Å². The molecule has 0 spiro atoms. The van der Waals surface area contributed by atoms with Crippen LogP contribution in [0.4, 0.5) is 0 Å². The molecular formula is C9H13N3O2S. The Labute approximate surface area is 91.6 Å². The lowest BCUT2D eigenvalue weighted by atomic mass is 9.93. The molecule has 0 fully saturated rings. The zero-order chi connectivity index (χ0) is 11.6. The summed E-state index contributed by atoms with van der Waals surface area (Å²) in [6, 6.07) is 0. The summed E-state index contributed by atoms with van der Waals surface area (Å²) in [5, 5.41) is 13.6. The van der Waals surface area contributed by atoms with Gasteiger partial charge in [-0.05, 0) is 0 Å². The number of carbonyl (C=O) groups is 1. The molecule has 0 bridgehead atoms. The highest BCUT2D eigenvalue weighted by molar-refractivity contribution is 7.12. The van der Waals surface area contributed by atoms with Crippen LogP contribution in [0.5, 0.6) is 0 Å². The lowest BCUT2D eigenvalue weighted by molar-refractivity contribution is -0.112.